The predicted octanol–water partition coefficient (Wildman–Crippen LogP) is 5.41. The van der Waals surface area contributed by atoms with Crippen molar-refractivity contribution in [2.75, 3.05) is 31.1 Å². The van der Waals surface area contributed by atoms with Crippen LogP contribution in [0.4, 0.5) is 23.8 Å². The molecule has 5 heterocycles. The van der Waals surface area contributed by atoms with E-state index in [-0.39, 0.29) is 23.0 Å². The molecular formula is C28H26F3N7O2. The summed E-state index contributed by atoms with van der Waals surface area (Å²) in [5, 5.41) is 9.00. The van der Waals surface area contributed by atoms with E-state index in [2.05, 4.69) is 15.0 Å². The Balaban J connectivity index is 1.41. The second kappa shape index (κ2) is 10.1. The van der Waals surface area contributed by atoms with Gasteiger partial charge in [0.15, 0.2) is 0 Å². The fourth-order valence-electron chi connectivity index (χ4n) is 4.47. The Morgan fingerprint density at radius 2 is 1.62 bits per heavy atom. The van der Waals surface area contributed by atoms with Crippen molar-refractivity contribution in [2.24, 2.45) is 0 Å². The number of pyridine rings is 3. The molecule has 5 rings (SSSR count). The third kappa shape index (κ3) is 5.54. The summed E-state index contributed by atoms with van der Waals surface area (Å²) < 4.78 is 48.8. The van der Waals surface area contributed by atoms with E-state index < -0.39 is 17.3 Å². The highest BCUT2D eigenvalue weighted by molar-refractivity contribution is 5.72. The smallest absolute Gasteiger partial charge is 0.420 e. The number of imidazole rings is 1. The molecule has 0 aromatic carbocycles. The molecule has 0 aliphatic carbocycles. The van der Waals surface area contributed by atoms with Crippen LogP contribution in [-0.4, -0.2) is 62.1 Å². The van der Waals surface area contributed by atoms with Crippen molar-refractivity contribution in [1.29, 1.82) is 5.26 Å². The van der Waals surface area contributed by atoms with Gasteiger partial charge in [0.1, 0.15) is 28.8 Å². The number of rotatable bonds is 3. The molecule has 4 aromatic rings. The van der Waals surface area contributed by atoms with E-state index in [1.807, 2.05) is 31.7 Å². The normalized spacial score (nSPS) is 14.3. The van der Waals surface area contributed by atoms with Gasteiger partial charge in [-0.1, -0.05) is 0 Å². The SMILES string of the molecule is CC(C)(C)OC(=O)N1CCN(c2ccc(-c3cnc4c(C(F)(F)F)cc(-c5ccc(C#N)nc5)cn34)cn2)CC1. The van der Waals surface area contributed by atoms with Crippen molar-refractivity contribution in [3.63, 3.8) is 0 Å². The lowest BCUT2D eigenvalue weighted by Gasteiger charge is -2.36. The van der Waals surface area contributed by atoms with E-state index >= 15 is 0 Å². The summed E-state index contributed by atoms with van der Waals surface area (Å²) >= 11 is 0. The number of carbonyl (C=O) groups is 1. The van der Waals surface area contributed by atoms with Crippen molar-refractivity contribution in [2.45, 2.75) is 32.5 Å². The third-order valence-electron chi connectivity index (χ3n) is 6.42. The molecule has 0 unspecified atom stereocenters. The molecule has 1 saturated heterocycles. The standard InChI is InChI=1S/C28H26F3N7O2/c1-27(2,3)40-26(39)37-10-8-36(9-11-37)24-7-5-19(15-34-24)23-16-35-25-22(28(29,30)31)12-20(17-38(23)25)18-4-6-21(13-32)33-14-18/h4-7,12,14-17H,8-11H2,1-3H3. The largest absolute Gasteiger partial charge is 0.444 e. The lowest BCUT2D eigenvalue weighted by molar-refractivity contribution is -0.136. The maximum absolute atomic E-state index is 14.0. The van der Waals surface area contributed by atoms with E-state index in [1.165, 1.54) is 22.9 Å². The summed E-state index contributed by atoms with van der Waals surface area (Å²) in [6, 6.07) is 9.54. The molecule has 1 aliphatic heterocycles. The zero-order valence-electron chi connectivity index (χ0n) is 22.1. The van der Waals surface area contributed by atoms with Crippen LogP contribution in [0.2, 0.25) is 0 Å². The van der Waals surface area contributed by atoms with Gasteiger partial charge in [-0.2, -0.15) is 18.4 Å². The average molecular weight is 550 g/mol. The molecule has 1 aliphatic rings. The van der Waals surface area contributed by atoms with Crippen LogP contribution in [0.15, 0.2) is 55.1 Å². The molecular weight excluding hydrogens is 523 g/mol. The number of alkyl halides is 3. The fourth-order valence-corrected chi connectivity index (χ4v) is 4.47. The first-order valence-electron chi connectivity index (χ1n) is 12.6. The summed E-state index contributed by atoms with van der Waals surface area (Å²) in [6.45, 7) is 7.58. The molecule has 12 heteroatoms. The number of nitriles is 1. The number of amides is 1. The first kappa shape index (κ1) is 26.9. The number of hydrogen-bond acceptors (Lipinski definition) is 7. The van der Waals surface area contributed by atoms with Crippen LogP contribution in [0.5, 0.6) is 0 Å². The van der Waals surface area contributed by atoms with Crippen LogP contribution in [-0.2, 0) is 10.9 Å². The molecule has 9 nitrogen and oxygen atoms in total. The summed E-state index contributed by atoms with van der Waals surface area (Å²) in [4.78, 5) is 28.7. The van der Waals surface area contributed by atoms with E-state index in [0.29, 0.717) is 48.8 Å². The summed E-state index contributed by atoms with van der Waals surface area (Å²) in [5.41, 5.74) is 0.243. The Morgan fingerprint density at radius 1 is 0.925 bits per heavy atom. The predicted molar refractivity (Wildman–Crippen MR) is 141 cm³/mol. The number of fused-ring (bicyclic) bond motifs is 1. The molecule has 0 radical (unpaired) electrons. The van der Waals surface area contributed by atoms with Gasteiger partial charge >= 0.3 is 12.3 Å². The van der Waals surface area contributed by atoms with Gasteiger partial charge in [0, 0.05) is 61.5 Å². The van der Waals surface area contributed by atoms with Crippen molar-refractivity contribution in [3.05, 3.63) is 66.4 Å². The molecule has 40 heavy (non-hydrogen) atoms. The lowest BCUT2D eigenvalue weighted by atomic mass is 10.1. The van der Waals surface area contributed by atoms with Gasteiger partial charge in [-0.25, -0.2) is 19.7 Å². The second-order valence-corrected chi connectivity index (χ2v) is 10.4. The Morgan fingerprint density at radius 3 is 2.20 bits per heavy atom. The number of anilines is 1. The minimum atomic E-state index is -4.64. The van der Waals surface area contributed by atoms with Crippen molar-refractivity contribution < 1.29 is 22.7 Å². The highest BCUT2D eigenvalue weighted by Gasteiger charge is 2.35. The van der Waals surface area contributed by atoms with E-state index in [4.69, 9.17) is 10.00 Å². The molecule has 1 amide bonds. The van der Waals surface area contributed by atoms with Crippen LogP contribution in [0.1, 0.15) is 32.0 Å². The minimum absolute atomic E-state index is 0.168. The van der Waals surface area contributed by atoms with Crippen LogP contribution in [0.3, 0.4) is 0 Å². The monoisotopic (exact) mass is 549 g/mol. The van der Waals surface area contributed by atoms with E-state index in [0.717, 1.165) is 6.07 Å². The third-order valence-corrected chi connectivity index (χ3v) is 6.42. The fraction of sp³-hybridized carbons (Fsp3) is 0.321. The molecule has 206 valence electrons. The first-order valence-corrected chi connectivity index (χ1v) is 12.6. The number of hydrogen-bond donors (Lipinski definition) is 0. The Hall–Kier alpha value is -4.66. The quantitative estimate of drug-likeness (QED) is 0.337. The van der Waals surface area contributed by atoms with Crippen molar-refractivity contribution >= 4 is 17.6 Å². The zero-order valence-corrected chi connectivity index (χ0v) is 22.1. The highest BCUT2D eigenvalue weighted by Crippen LogP contribution is 2.37. The molecule has 0 bridgehead atoms. The average Bonchev–Trinajstić information content (AvgIpc) is 3.35. The molecule has 0 N–H and O–H groups in total. The molecule has 4 aromatic heterocycles. The number of ether oxygens (including phenoxy) is 1. The van der Waals surface area contributed by atoms with Crippen LogP contribution < -0.4 is 4.90 Å². The molecule has 0 spiro atoms. The topological polar surface area (TPSA) is 99.7 Å². The summed E-state index contributed by atoms with van der Waals surface area (Å²) in [7, 11) is 0. The lowest BCUT2D eigenvalue weighted by Crippen LogP contribution is -2.50. The van der Waals surface area contributed by atoms with Gasteiger partial charge in [-0.3, -0.25) is 4.40 Å². The van der Waals surface area contributed by atoms with Crippen molar-refractivity contribution in [3.8, 4) is 28.5 Å². The Kier molecular flexibility index (Phi) is 6.83. The van der Waals surface area contributed by atoms with Gasteiger partial charge in [0.05, 0.1) is 17.5 Å². The number of carbonyl (C=O) groups excluding carboxylic acids is 1. The van der Waals surface area contributed by atoms with E-state index in [9.17, 15) is 18.0 Å². The van der Waals surface area contributed by atoms with E-state index in [1.54, 1.807) is 35.5 Å². The van der Waals surface area contributed by atoms with Gasteiger partial charge in [0.2, 0.25) is 0 Å². The van der Waals surface area contributed by atoms with Crippen LogP contribution in [0, 0.1) is 11.3 Å². The van der Waals surface area contributed by atoms with Gasteiger partial charge in [-0.15, -0.1) is 0 Å². The minimum Gasteiger partial charge on any atom is -0.444 e. The van der Waals surface area contributed by atoms with Crippen LogP contribution in [0.25, 0.3) is 28.0 Å². The van der Waals surface area contributed by atoms with Crippen molar-refractivity contribution in [1.82, 2.24) is 24.3 Å². The Labute approximate surface area is 228 Å². The van der Waals surface area contributed by atoms with Gasteiger partial charge in [-0.05, 0) is 51.1 Å². The second-order valence-electron chi connectivity index (χ2n) is 10.4. The summed E-state index contributed by atoms with van der Waals surface area (Å²) in [6.07, 6.45) is 0.945. The Bertz CT molecular complexity index is 1580. The maximum Gasteiger partial charge on any atom is 0.420 e. The first-order chi connectivity index (χ1) is 18.9. The molecule has 0 atom stereocenters. The van der Waals surface area contributed by atoms with Gasteiger partial charge in [0.25, 0.3) is 0 Å². The van der Waals surface area contributed by atoms with Crippen LogP contribution >= 0.6 is 0 Å². The zero-order chi connectivity index (χ0) is 28.7. The highest BCUT2D eigenvalue weighted by atomic mass is 19.4. The molecule has 0 saturated carbocycles. The number of halogens is 3. The maximum atomic E-state index is 14.0. The number of aromatic nitrogens is 4. The molecule has 1 fully saturated rings. The summed E-state index contributed by atoms with van der Waals surface area (Å²) in [5.74, 6) is 0.696. The van der Waals surface area contributed by atoms with Gasteiger partial charge < -0.3 is 14.5 Å². The number of nitrogens with zero attached hydrogens (tertiary/aromatic N) is 7. The number of piperazine rings is 1.